The molecule has 1 saturated heterocycles. The van der Waals surface area contributed by atoms with Gasteiger partial charge in [-0.15, -0.1) is 0 Å². The van der Waals surface area contributed by atoms with Crippen molar-refractivity contribution >= 4 is 11.0 Å². The van der Waals surface area contributed by atoms with E-state index in [-0.39, 0.29) is 6.10 Å². The Morgan fingerprint density at radius 1 is 1.35 bits per heavy atom. The van der Waals surface area contributed by atoms with Crippen molar-refractivity contribution in [1.82, 2.24) is 9.55 Å². The average Bonchev–Trinajstić information content (AvgIpc) is 3.10. The number of aromatic nitrogens is 2. The van der Waals surface area contributed by atoms with Crippen LogP contribution in [0.2, 0.25) is 0 Å². The van der Waals surface area contributed by atoms with Crippen molar-refractivity contribution in [2.75, 3.05) is 6.61 Å². The molecule has 0 radical (unpaired) electrons. The van der Waals surface area contributed by atoms with Crippen molar-refractivity contribution in [3.8, 4) is 0 Å². The molecule has 1 aromatic heterocycles. The third-order valence-corrected chi connectivity index (χ3v) is 4.57. The van der Waals surface area contributed by atoms with E-state index in [1.807, 2.05) is 0 Å². The van der Waals surface area contributed by atoms with Gasteiger partial charge in [-0.2, -0.15) is 0 Å². The lowest BCUT2D eigenvalue weighted by molar-refractivity contribution is 0.0846. The number of hydrogen-bond acceptors (Lipinski definition) is 3. The van der Waals surface area contributed by atoms with Gasteiger partial charge >= 0.3 is 0 Å². The van der Waals surface area contributed by atoms with Crippen LogP contribution < -0.4 is 5.73 Å². The van der Waals surface area contributed by atoms with Crippen molar-refractivity contribution in [1.29, 1.82) is 0 Å². The highest BCUT2D eigenvalue weighted by molar-refractivity contribution is 5.77. The number of benzene rings is 1. The van der Waals surface area contributed by atoms with Crippen LogP contribution in [-0.4, -0.2) is 16.2 Å². The maximum absolute atomic E-state index is 5.95. The molecule has 2 fully saturated rings. The van der Waals surface area contributed by atoms with Crippen LogP contribution in [0.1, 0.15) is 49.7 Å². The second-order valence-electron chi connectivity index (χ2n) is 6.16. The minimum atomic E-state index is 0.157. The van der Waals surface area contributed by atoms with Crippen LogP contribution in [0, 0.1) is 5.92 Å². The summed E-state index contributed by atoms with van der Waals surface area (Å²) in [5.41, 5.74) is 9.19. The quantitative estimate of drug-likeness (QED) is 0.933. The second-order valence-corrected chi connectivity index (χ2v) is 6.16. The molecule has 1 saturated carbocycles. The molecule has 2 heterocycles. The van der Waals surface area contributed by atoms with Crippen LogP contribution in [0.3, 0.4) is 0 Å². The van der Waals surface area contributed by atoms with E-state index in [0.717, 1.165) is 29.9 Å². The summed E-state index contributed by atoms with van der Waals surface area (Å²) in [4.78, 5) is 4.90. The van der Waals surface area contributed by atoms with Crippen molar-refractivity contribution in [2.24, 2.45) is 11.7 Å². The fraction of sp³-hybridized carbons (Fsp3) is 0.562. The maximum Gasteiger partial charge on any atom is 0.139 e. The highest BCUT2D eigenvalue weighted by atomic mass is 16.5. The zero-order chi connectivity index (χ0) is 13.7. The highest BCUT2D eigenvalue weighted by Crippen LogP contribution is 2.43. The third kappa shape index (κ3) is 1.86. The Hall–Kier alpha value is -1.39. The molecule has 1 aromatic carbocycles. The van der Waals surface area contributed by atoms with Crippen LogP contribution in [0.5, 0.6) is 0 Å². The van der Waals surface area contributed by atoms with E-state index in [9.17, 15) is 0 Å². The fourth-order valence-corrected chi connectivity index (χ4v) is 3.23. The van der Waals surface area contributed by atoms with Gasteiger partial charge in [-0.1, -0.05) is 13.0 Å². The molecule has 1 aliphatic carbocycles. The molecule has 4 heteroatoms. The lowest BCUT2D eigenvalue weighted by Crippen LogP contribution is -2.11. The average molecular weight is 271 g/mol. The Bertz CT molecular complexity index is 644. The third-order valence-electron chi connectivity index (χ3n) is 4.57. The lowest BCUT2D eigenvalue weighted by atomic mass is 10.0. The fourth-order valence-electron chi connectivity index (χ4n) is 3.23. The van der Waals surface area contributed by atoms with Crippen LogP contribution in [0.25, 0.3) is 11.0 Å². The summed E-state index contributed by atoms with van der Waals surface area (Å²) in [5, 5.41) is 0. The van der Waals surface area contributed by atoms with Gasteiger partial charge in [-0.05, 0) is 42.9 Å². The Morgan fingerprint density at radius 3 is 2.85 bits per heavy atom. The van der Waals surface area contributed by atoms with Gasteiger partial charge in [0.1, 0.15) is 11.9 Å². The Balaban J connectivity index is 1.88. The molecule has 4 rings (SSSR count). The van der Waals surface area contributed by atoms with Gasteiger partial charge in [0.2, 0.25) is 0 Å². The number of fused-ring (bicyclic) bond motifs is 1. The lowest BCUT2D eigenvalue weighted by Gasteiger charge is -2.16. The number of nitrogens with two attached hydrogens (primary N) is 1. The maximum atomic E-state index is 5.95. The smallest absolute Gasteiger partial charge is 0.139 e. The molecular weight excluding hydrogens is 250 g/mol. The van der Waals surface area contributed by atoms with Crippen molar-refractivity contribution in [3.63, 3.8) is 0 Å². The van der Waals surface area contributed by atoms with E-state index in [1.165, 1.54) is 18.4 Å². The van der Waals surface area contributed by atoms with Gasteiger partial charge < -0.3 is 15.0 Å². The highest BCUT2D eigenvalue weighted by Gasteiger charge is 2.35. The van der Waals surface area contributed by atoms with Crippen LogP contribution in [-0.2, 0) is 11.3 Å². The molecule has 4 nitrogen and oxygen atoms in total. The zero-order valence-electron chi connectivity index (χ0n) is 11.9. The molecular formula is C16H21N3O. The molecule has 2 aromatic rings. The molecule has 1 aliphatic heterocycles. The van der Waals surface area contributed by atoms with Crippen LogP contribution in [0.15, 0.2) is 18.2 Å². The van der Waals surface area contributed by atoms with Gasteiger partial charge in [0.05, 0.1) is 11.0 Å². The first-order valence-corrected chi connectivity index (χ1v) is 7.60. The molecule has 0 spiro atoms. The Morgan fingerprint density at radius 2 is 2.20 bits per heavy atom. The van der Waals surface area contributed by atoms with Crippen LogP contribution in [0.4, 0.5) is 0 Å². The summed E-state index contributed by atoms with van der Waals surface area (Å²) in [6.07, 6.45) is 3.81. The zero-order valence-corrected chi connectivity index (χ0v) is 11.9. The summed E-state index contributed by atoms with van der Waals surface area (Å²) in [6.45, 7) is 3.69. The van der Waals surface area contributed by atoms with E-state index in [2.05, 4.69) is 29.7 Å². The molecule has 20 heavy (non-hydrogen) atoms. The van der Waals surface area contributed by atoms with E-state index in [1.54, 1.807) is 0 Å². The SMILES string of the molecule is CC1CCOC1c1nc2cc(CN)ccc2n1C1CC1. The van der Waals surface area contributed by atoms with Crippen molar-refractivity contribution < 1.29 is 4.74 Å². The standard InChI is InChI=1S/C16H21N3O/c1-10-6-7-20-15(10)16-18-13-8-11(9-17)2-5-14(13)19(16)12-3-4-12/h2,5,8,10,12,15H,3-4,6-7,9,17H2,1H3. The first-order chi connectivity index (χ1) is 9.78. The van der Waals surface area contributed by atoms with Gasteiger partial charge in [0.25, 0.3) is 0 Å². The number of imidazole rings is 1. The first-order valence-electron chi connectivity index (χ1n) is 7.60. The minimum absolute atomic E-state index is 0.157. The molecule has 0 amide bonds. The Labute approximate surface area is 118 Å². The predicted molar refractivity (Wildman–Crippen MR) is 78.4 cm³/mol. The molecule has 106 valence electrons. The summed E-state index contributed by atoms with van der Waals surface area (Å²) in [5.74, 6) is 1.68. The summed E-state index contributed by atoms with van der Waals surface area (Å²) in [6, 6.07) is 7.03. The summed E-state index contributed by atoms with van der Waals surface area (Å²) < 4.78 is 8.37. The van der Waals surface area contributed by atoms with E-state index in [4.69, 9.17) is 15.5 Å². The Kier molecular flexibility index (Phi) is 2.82. The number of nitrogens with zero attached hydrogens (tertiary/aromatic N) is 2. The molecule has 2 N–H and O–H groups in total. The molecule has 2 atom stereocenters. The predicted octanol–water partition coefficient (Wildman–Crippen LogP) is 2.93. The van der Waals surface area contributed by atoms with Gasteiger partial charge in [0.15, 0.2) is 0 Å². The van der Waals surface area contributed by atoms with E-state index >= 15 is 0 Å². The van der Waals surface area contributed by atoms with E-state index < -0.39 is 0 Å². The largest absolute Gasteiger partial charge is 0.370 e. The normalized spacial score (nSPS) is 26.5. The first kappa shape index (κ1) is 12.4. The number of ether oxygens (including phenoxy) is 1. The van der Waals surface area contributed by atoms with Crippen molar-refractivity contribution in [2.45, 2.75) is 44.9 Å². The second kappa shape index (κ2) is 4.57. The molecule has 0 bridgehead atoms. The monoisotopic (exact) mass is 271 g/mol. The summed E-state index contributed by atoms with van der Waals surface area (Å²) >= 11 is 0. The number of rotatable bonds is 3. The van der Waals surface area contributed by atoms with Crippen LogP contribution >= 0.6 is 0 Å². The molecule has 2 aliphatic rings. The van der Waals surface area contributed by atoms with Gasteiger partial charge in [-0.25, -0.2) is 4.98 Å². The van der Waals surface area contributed by atoms with E-state index in [0.29, 0.717) is 18.5 Å². The van der Waals surface area contributed by atoms with Gasteiger partial charge in [0, 0.05) is 19.2 Å². The number of hydrogen-bond donors (Lipinski definition) is 1. The summed E-state index contributed by atoms with van der Waals surface area (Å²) in [7, 11) is 0. The van der Waals surface area contributed by atoms with Crippen molar-refractivity contribution in [3.05, 3.63) is 29.6 Å². The van der Waals surface area contributed by atoms with Gasteiger partial charge in [-0.3, -0.25) is 0 Å². The minimum Gasteiger partial charge on any atom is -0.370 e. The molecule has 2 unspecified atom stereocenters. The topological polar surface area (TPSA) is 53.1 Å².